The van der Waals surface area contributed by atoms with Gasteiger partial charge in [0, 0.05) is 10.9 Å². The third-order valence-corrected chi connectivity index (χ3v) is 3.62. The van der Waals surface area contributed by atoms with Crippen LogP contribution in [0.2, 0.25) is 0 Å². The summed E-state index contributed by atoms with van der Waals surface area (Å²) in [6.45, 7) is 2.04. The zero-order valence-corrected chi connectivity index (χ0v) is 11.9. The maximum atomic E-state index is 13.9. The number of rotatable bonds is 4. The second-order valence-electron chi connectivity index (χ2n) is 5.04. The Bertz CT molecular complexity index is 755. The van der Waals surface area contributed by atoms with Crippen molar-refractivity contribution >= 4 is 16.6 Å². The largest absolute Gasteiger partial charge is 0.377 e. The van der Waals surface area contributed by atoms with Crippen LogP contribution in [0.1, 0.15) is 24.9 Å². The first-order valence-corrected chi connectivity index (χ1v) is 7.13. The van der Waals surface area contributed by atoms with E-state index < -0.39 is 0 Å². The van der Waals surface area contributed by atoms with Crippen LogP contribution in [0, 0.1) is 5.82 Å². The van der Waals surface area contributed by atoms with Gasteiger partial charge in [-0.2, -0.15) is 0 Å². The van der Waals surface area contributed by atoms with Gasteiger partial charge < -0.3 is 5.32 Å². The second kappa shape index (κ2) is 5.92. The fourth-order valence-corrected chi connectivity index (χ4v) is 2.51. The lowest BCUT2D eigenvalue weighted by Gasteiger charge is -2.19. The van der Waals surface area contributed by atoms with E-state index in [0.29, 0.717) is 5.56 Å². The minimum atomic E-state index is -0.175. The molecule has 0 radical (unpaired) electrons. The van der Waals surface area contributed by atoms with Gasteiger partial charge in [-0.25, -0.2) is 4.39 Å². The molecule has 3 rings (SSSR count). The minimum absolute atomic E-state index is 0.0610. The molecular formula is C18H17FN2. The van der Waals surface area contributed by atoms with Gasteiger partial charge in [0.2, 0.25) is 0 Å². The molecule has 3 aromatic rings. The maximum Gasteiger partial charge on any atom is 0.128 e. The summed E-state index contributed by atoms with van der Waals surface area (Å²) < 4.78 is 13.9. The van der Waals surface area contributed by atoms with Gasteiger partial charge in [0.15, 0.2) is 0 Å². The first-order valence-electron chi connectivity index (χ1n) is 7.13. The maximum absolute atomic E-state index is 13.9. The molecule has 2 aromatic carbocycles. The molecule has 1 heterocycles. The Morgan fingerprint density at radius 3 is 2.67 bits per heavy atom. The second-order valence-corrected chi connectivity index (χ2v) is 5.04. The Morgan fingerprint density at radius 1 is 1.10 bits per heavy atom. The number of pyridine rings is 1. The van der Waals surface area contributed by atoms with Crippen LogP contribution < -0.4 is 5.32 Å². The average molecular weight is 280 g/mol. The molecule has 1 unspecified atom stereocenters. The Balaban J connectivity index is 1.90. The summed E-state index contributed by atoms with van der Waals surface area (Å²) in [5.41, 5.74) is 2.55. The number of para-hydroxylation sites is 1. The van der Waals surface area contributed by atoms with Crippen LogP contribution in [0.5, 0.6) is 0 Å². The van der Waals surface area contributed by atoms with Crippen LogP contribution in [0.15, 0.2) is 60.8 Å². The predicted molar refractivity (Wildman–Crippen MR) is 84.8 cm³/mol. The van der Waals surface area contributed by atoms with E-state index in [1.54, 1.807) is 12.3 Å². The molecule has 2 nitrogen and oxygen atoms in total. The van der Waals surface area contributed by atoms with Gasteiger partial charge in [-0.15, -0.1) is 0 Å². The van der Waals surface area contributed by atoms with Crippen molar-refractivity contribution in [3.05, 3.63) is 72.2 Å². The third kappa shape index (κ3) is 2.87. The van der Waals surface area contributed by atoms with Crippen molar-refractivity contribution in [1.29, 1.82) is 0 Å². The van der Waals surface area contributed by atoms with E-state index in [2.05, 4.69) is 10.3 Å². The van der Waals surface area contributed by atoms with Gasteiger partial charge in [-0.3, -0.25) is 4.98 Å². The van der Waals surface area contributed by atoms with Crippen molar-refractivity contribution in [2.45, 2.75) is 19.4 Å². The highest BCUT2D eigenvalue weighted by Gasteiger charge is 2.13. The van der Waals surface area contributed by atoms with E-state index in [0.717, 1.165) is 23.0 Å². The van der Waals surface area contributed by atoms with Crippen LogP contribution in [0.25, 0.3) is 10.9 Å². The first-order chi connectivity index (χ1) is 10.3. The Morgan fingerprint density at radius 2 is 1.86 bits per heavy atom. The molecule has 0 saturated heterocycles. The Labute approximate surface area is 123 Å². The summed E-state index contributed by atoms with van der Waals surface area (Å²) >= 11 is 0. The van der Waals surface area contributed by atoms with Crippen LogP contribution >= 0.6 is 0 Å². The molecule has 0 fully saturated rings. The summed E-state index contributed by atoms with van der Waals surface area (Å²) in [5.74, 6) is -0.175. The molecule has 0 bridgehead atoms. The van der Waals surface area contributed by atoms with Gasteiger partial charge in [-0.1, -0.05) is 43.3 Å². The average Bonchev–Trinajstić information content (AvgIpc) is 2.53. The summed E-state index contributed by atoms with van der Waals surface area (Å²) in [6, 6.07) is 16.8. The summed E-state index contributed by atoms with van der Waals surface area (Å²) in [5, 5.41) is 4.45. The van der Waals surface area contributed by atoms with Gasteiger partial charge in [-0.05, 0) is 24.6 Å². The van der Waals surface area contributed by atoms with E-state index in [9.17, 15) is 4.39 Å². The molecule has 0 spiro atoms. The topological polar surface area (TPSA) is 24.9 Å². The third-order valence-electron chi connectivity index (χ3n) is 3.62. The lowest BCUT2D eigenvalue weighted by Crippen LogP contribution is -2.11. The van der Waals surface area contributed by atoms with Crippen molar-refractivity contribution in [3.8, 4) is 0 Å². The summed E-state index contributed by atoms with van der Waals surface area (Å²) in [7, 11) is 0. The van der Waals surface area contributed by atoms with Crippen LogP contribution in [-0.4, -0.2) is 4.98 Å². The number of nitrogens with zero attached hydrogens (tertiary/aromatic N) is 1. The fourth-order valence-electron chi connectivity index (χ4n) is 2.51. The smallest absolute Gasteiger partial charge is 0.128 e. The molecule has 1 N–H and O–H groups in total. The van der Waals surface area contributed by atoms with Gasteiger partial charge in [0.1, 0.15) is 5.82 Å². The van der Waals surface area contributed by atoms with Gasteiger partial charge in [0.05, 0.1) is 23.4 Å². The number of anilines is 1. The number of benzene rings is 2. The summed E-state index contributed by atoms with van der Waals surface area (Å²) in [4.78, 5) is 4.43. The predicted octanol–water partition coefficient (Wildman–Crippen LogP) is 4.94. The zero-order chi connectivity index (χ0) is 14.7. The number of aromatic nitrogens is 1. The molecule has 3 heteroatoms. The normalized spacial score (nSPS) is 12.3. The molecule has 1 aromatic heterocycles. The van der Waals surface area contributed by atoms with E-state index in [1.165, 1.54) is 6.07 Å². The van der Waals surface area contributed by atoms with Crippen LogP contribution in [-0.2, 0) is 0 Å². The number of hydrogen-bond donors (Lipinski definition) is 1. The summed E-state index contributed by atoms with van der Waals surface area (Å²) in [6.07, 6.45) is 2.60. The standard InChI is InChI=1S/C18H17FN2/c1-2-17(15-8-4-5-9-16(15)19)21-14-11-13-7-3-6-10-18(13)20-12-14/h3-12,17,21H,2H2,1H3. The molecule has 0 saturated carbocycles. The van der Waals surface area contributed by atoms with Crippen molar-refractivity contribution in [2.24, 2.45) is 0 Å². The Hall–Kier alpha value is -2.42. The number of halogens is 1. The van der Waals surface area contributed by atoms with E-state index in [4.69, 9.17) is 0 Å². The highest BCUT2D eigenvalue weighted by molar-refractivity contribution is 5.81. The molecule has 1 atom stereocenters. The van der Waals surface area contributed by atoms with Crippen molar-refractivity contribution in [3.63, 3.8) is 0 Å². The van der Waals surface area contributed by atoms with Crippen LogP contribution in [0.3, 0.4) is 0 Å². The van der Waals surface area contributed by atoms with Crippen LogP contribution in [0.4, 0.5) is 10.1 Å². The number of hydrogen-bond acceptors (Lipinski definition) is 2. The van der Waals surface area contributed by atoms with Crippen molar-refractivity contribution in [2.75, 3.05) is 5.32 Å². The molecule has 0 aliphatic heterocycles. The quantitative estimate of drug-likeness (QED) is 0.732. The minimum Gasteiger partial charge on any atom is -0.377 e. The first kappa shape index (κ1) is 13.6. The van der Waals surface area contributed by atoms with Gasteiger partial charge in [0.25, 0.3) is 0 Å². The molecular weight excluding hydrogens is 263 g/mol. The highest BCUT2D eigenvalue weighted by Crippen LogP contribution is 2.25. The number of fused-ring (bicyclic) bond motifs is 1. The van der Waals surface area contributed by atoms with Crippen molar-refractivity contribution < 1.29 is 4.39 Å². The monoisotopic (exact) mass is 280 g/mol. The highest BCUT2D eigenvalue weighted by atomic mass is 19.1. The Kier molecular flexibility index (Phi) is 3.82. The van der Waals surface area contributed by atoms with Gasteiger partial charge >= 0.3 is 0 Å². The molecule has 0 amide bonds. The van der Waals surface area contributed by atoms with E-state index in [1.807, 2.05) is 49.4 Å². The molecule has 21 heavy (non-hydrogen) atoms. The molecule has 106 valence electrons. The van der Waals surface area contributed by atoms with Crippen molar-refractivity contribution in [1.82, 2.24) is 4.98 Å². The zero-order valence-electron chi connectivity index (χ0n) is 11.9. The van der Waals surface area contributed by atoms with E-state index in [-0.39, 0.29) is 11.9 Å². The van der Waals surface area contributed by atoms with E-state index >= 15 is 0 Å². The lowest BCUT2D eigenvalue weighted by molar-refractivity contribution is 0.587. The SMILES string of the molecule is CCC(Nc1cnc2ccccc2c1)c1ccccc1F. The molecule has 0 aliphatic carbocycles. The fraction of sp³-hybridized carbons (Fsp3) is 0.167. The number of nitrogens with one attached hydrogen (secondary N) is 1. The lowest BCUT2D eigenvalue weighted by atomic mass is 10.0. The molecule has 0 aliphatic rings.